The highest BCUT2D eigenvalue weighted by Gasteiger charge is 2.16. The van der Waals surface area contributed by atoms with Crippen molar-refractivity contribution in [2.45, 2.75) is 30.9 Å². The topological polar surface area (TPSA) is 36.4 Å². The average Bonchev–Trinajstić information content (AvgIpc) is 3.00. The second-order valence-corrected chi connectivity index (χ2v) is 6.94. The Morgan fingerprint density at radius 2 is 2.23 bits per heavy atom. The number of guanidine groups is 1. The van der Waals surface area contributed by atoms with Crippen LogP contribution in [0.2, 0.25) is 0 Å². The summed E-state index contributed by atoms with van der Waals surface area (Å²) < 4.78 is 26.7. The van der Waals surface area contributed by atoms with Crippen molar-refractivity contribution in [3.63, 3.8) is 0 Å². The molecule has 3 nitrogen and oxygen atoms in total. The van der Waals surface area contributed by atoms with Crippen molar-refractivity contribution >= 4 is 17.7 Å². The van der Waals surface area contributed by atoms with E-state index in [2.05, 4.69) is 15.6 Å². The zero-order chi connectivity index (χ0) is 15.9. The minimum Gasteiger partial charge on any atom is -0.356 e. The Bertz CT molecular complexity index is 516. The molecule has 0 radical (unpaired) electrons. The van der Waals surface area contributed by atoms with Gasteiger partial charge in [0.15, 0.2) is 5.96 Å². The van der Waals surface area contributed by atoms with Crippen LogP contribution >= 0.6 is 11.8 Å². The summed E-state index contributed by atoms with van der Waals surface area (Å²) in [6.07, 6.45) is 2.52. The first-order valence-electron chi connectivity index (χ1n) is 7.61. The molecule has 2 rings (SSSR count). The first kappa shape index (κ1) is 17.1. The van der Waals surface area contributed by atoms with Crippen LogP contribution in [0.4, 0.5) is 8.78 Å². The summed E-state index contributed by atoms with van der Waals surface area (Å²) in [5.74, 6) is 0.841. The highest BCUT2D eigenvalue weighted by molar-refractivity contribution is 8.00. The van der Waals surface area contributed by atoms with Gasteiger partial charge < -0.3 is 10.6 Å². The summed E-state index contributed by atoms with van der Waals surface area (Å²) in [7, 11) is 1.72. The maximum atomic E-state index is 13.7. The van der Waals surface area contributed by atoms with Crippen molar-refractivity contribution in [2.24, 2.45) is 4.99 Å². The average molecular weight is 327 g/mol. The van der Waals surface area contributed by atoms with Crippen molar-refractivity contribution in [2.75, 3.05) is 25.9 Å². The number of hydrogen-bond donors (Lipinski definition) is 2. The molecular weight excluding hydrogens is 304 g/mol. The van der Waals surface area contributed by atoms with E-state index in [1.165, 1.54) is 30.7 Å². The predicted octanol–water partition coefficient (Wildman–Crippen LogP) is 3.13. The van der Waals surface area contributed by atoms with Crippen LogP contribution in [0.5, 0.6) is 0 Å². The molecule has 0 spiro atoms. The fourth-order valence-corrected chi connectivity index (χ4v) is 3.70. The molecule has 22 heavy (non-hydrogen) atoms. The predicted molar refractivity (Wildman–Crippen MR) is 89.6 cm³/mol. The largest absolute Gasteiger partial charge is 0.356 e. The van der Waals surface area contributed by atoms with E-state index in [1.54, 1.807) is 7.05 Å². The second kappa shape index (κ2) is 8.36. The third-order valence-electron chi connectivity index (χ3n) is 3.81. The molecule has 0 bridgehead atoms. The molecule has 0 saturated carbocycles. The van der Waals surface area contributed by atoms with Gasteiger partial charge in [0.1, 0.15) is 11.6 Å². The van der Waals surface area contributed by atoms with E-state index in [9.17, 15) is 8.78 Å². The number of halogens is 2. The molecule has 1 aliphatic rings. The van der Waals surface area contributed by atoms with E-state index in [4.69, 9.17) is 0 Å². The Hall–Kier alpha value is -1.30. The zero-order valence-electron chi connectivity index (χ0n) is 13.0. The second-order valence-electron chi connectivity index (χ2n) is 5.54. The zero-order valence-corrected chi connectivity index (χ0v) is 13.9. The van der Waals surface area contributed by atoms with E-state index in [1.807, 2.05) is 18.7 Å². The van der Waals surface area contributed by atoms with Gasteiger partial charge >= 0.3 is 0 Å². The first-order chi connectivity index (χ1) is 10.6. The van der Waals surface area contributed by atoms with Gasteiger partial charge in [0.2, 0.25) is 0 Å². The summed E-state index contributed by atoms with van der Waals surface area (Å²) in [5, 5.41) is 7.15. The van der Waals surface area contributed by atoms with Gasteiger partial charge in [0.25, 0.3) is 0 Å². The summed E-state index contributed by atoms with van der Waals surface area (Å²) in [6.45, 7) is 3.34. The Morgan fingerprint density at radius 1 is 1.41 bits per heavy atom. The smallest absolute Gasteiger partial charge is 0.191 e. The number of benzene rings is 1. The number of rotatable bonds is 5. The van der Waals surface area contributed by atoms with E-state index in [-0.39, 0.29) is 5.92 Å². The third kappa shape index (κ3) is 4.87. The Balaban J connectivity index is 1.81. The molecule has 0 amide bonds. The summed E-state index contributed by atoms with van der Waals surface area (Å²) in [6, 6.07) is 3.72. The van der Waals surface area contributed by atoms with Crippen LogP contribution in [-0.2, 0) is 0 Å². The van der Waals surface area contributed by atoms with E-state index >= 15 is 0 Å². The van der Waals surface area contributed by atoms with Crippen molar-refractivity contribution in [3.05, 3.63) is 35.4 Å². The summed E-state index contributed by atoms with van der Waals surface area (Å²) >= 11 is 1.99. The monoisotopic (exact) mass is 327 g/mol. The lowest BCUT2D eigenvalue weighted by molar-refractivity contribution is 0.556. The molecule has 1 aromatic rings. The fraction of sp³-hybridized carbons (Fsp3) is 0.562. The SMILES string of the molecule is CN=C(NCC1CCCS1)NCC(C)c1ccc(F)cc1F. The maximum absolute atomic E-state index is 13.7. The molecule has 1 heterocycles. The van der Waals surface area contributed by atoms with Crippen LogP contribution in [-0.4, -0.2) is 37.1 Å². The van der Waals surface area contributed by atoms with Crippen molar-refractivity contribution in [3.8, 4) is 0 Å². The standard InChI is InChI=1S/C16H23F2N3S/c1-11(14-6-5-12(17)8-15(14)18)9-20-16(19-2)21-10-13-4-3-7-22-13/h5-6,8,11,13H,3-4,7,9-10H2,1-2H3,(H2,19,20,21). The molecule has 6 heteroatoms. The highest BCUT2D eigenvalue weighted by atomic mass is 32.2. The molecule has 0 aromatic heterocycles. The quantitative estimate of drug-likeness (QED) is 0.644. The van der Waals surface area contributed by atoms with Crippen LogP contribution in [0.3, 0.4) is 0 Å². The third-order valence-corrected chi connectivity index (χ3v) is 5.21. The highest BCUT2D eigenvalue weighted by Crippen LogP contribution is 2.25. The van der Waals surface area contributed by atoms with Gasteiger partial charge in [-0.05, 0) is 30.2 Å². The normalized spacial score (nSPS) is 20.0. The van der Waals surface area contributed by atoms with Crippen LogP contribution in [0, 0.1) is 11.6 Å². The number of aliphatic imine (C=N–C) groups is 1. The van der Waals surface area contributed by atoms with E-state index in [0.717, 1.165) is 18.6 Å². The minimum absolute atomic E-state index is 0.0694. The van der Waals surface area contributed by atoms with Gasteiger partial charge in [-0.2, -0.15) is 11.8 Å². The summed E-state index contributed by atoms with van der Waals surface area (Å²) in [4.78, 5) is 4.18. The minimum atomic E-state index is -0.548. The van der Waals surface area contributed by atoms with Crippen LogP contribution in [0.25, 0.3) is 0 Å². The van der Waals surface area contributed by atoms with Gasteiger partial charge in [-0.1, -0.05) is 13.0 Å². The van der Waals surface area contributed by atoms with Gasteiger partial charge in [0.05, 0.1) is 0 Å². The first-order valence-corrected chi connectivity index (χ1v) is 8.66. The lowest BCUT2D eigenvalue weighted by atomic mass is 10.0. The van der Waals surface area contributed by atoms with Crippen LogP contribution in [0.1, 0.15) is 31.2 Å². The molecule has 1 aromatic carbocycles. The molecule has 122 valence electrons. The fourth-order valence-electron chi connectivity index (χ4n) is 2.50. The van der Waals surface area contributed by atoms with Gasteiger partial charge in [-0.3, -0.25) is 4.99 Å². The van der Waals surface area contributed by atoms with Gasteiger partial charge in [-0.25, -0.2) is 8.78 Å². The van der Waals surface area contributed by atoms with Crippen LogP contribution < -0.4 is 10.6 Å². The van der Waals surface area contributed by atoms with E-state index in [0.29, 0.717) is 17.4 Å². The molecule has 2 N–H and O–H groups in total. The molecule has 1 fully saturated rings. The number of nitrogens with zero attached hydrogens (tertiary/aromatic N) is 1. The Morgan fingerprint density at radius 3 is 2.86 bits per heavy atom. The lowest BCUT2D eigenvalue weighted by Gasteiger charge is -2.18. The Labute approximate surface area is 135 Å². The molecule has 1 aliphatic heterocycles. The molecule has 2 unspecified atom stereocenters. The molecular formula is C16H23F2N3S. The summed E-state index contributed by atoms with van der Waals surface area (Å²) in [5.41, 5.74) is 0.510. The van der Waals surface area contributed by atoms with Crippen molar-refractivity contribution in [1.82, 2.24) is 10.6 Å². The van der Waals surface area contributed by atoms with Crippen molar-refractivity contribution < 1.29 is 8.78 Å². The molecule has 0 aliphatic carbocycles. The lowest BCUT2D eigenvalue weighted by Crippen LogP contribution is -2.41. The van der Waals surface area contributed by atoms with Crippen LogP contribution in [0.15, 0.2) is 23.2 Å². The van der Waals surface area contributed by atoms with E-state index < -0.39 is 11.6 Å². The van der Waals surface area contributed by atoms with Crippen molar-refractivity contribution in [1.29, 1.82) is 0 Å². The number of hydrogen-bond acceptors (Lipinski definition) is 2. The maximum Gasteiger partial charge on any atom is 0.191 e. The van der Waals surface area contributed by atoms with Gasteiger partial charge in [0, 0.05) is 37.4 Å². The van der Waals surface area contributed by atoms with Gasteiger partial charge in [-0.15, -0.1) is 0 Å². The Kier molecular flexibility index (Phi) is 6.49. The molecule has 2 atom stereocenters. The number of thioether (sulfide) groups is 1. The number of nitrogens with one attached hydrogen (secondary N) is 2. The molecule has 1 saturated heterocycles.